The fraction of sp³-hybridized carbons (Fsp3) is 0.267. The third kappa shape index (κ3) is 3.44. The molecular formula is C15H15FINO3. The highest BCUT2D eigenvalue weighted by Crippen LogP contribution is 2.26. The van der Waals surface area contributed by atoms with Gasteiger partial charge in [0.15, 0.2) is 6.79 Å². The minimum absolute atomic E-state index is 0.0575. The third-order valence-corrected chi connectivity index (χ3v) is 3.82. The fourth-order valence-electron chi connectivity index (χ4n) is 2.02. The van der Waals surface area contributed by atoms with Crippen LogP contribution in [0.2, 0.25) is 0 Å². The zero-order valence-electron chi connectivity index (χ0n) is 11.7. The molecule has 0 spiro atoms. The Morgan fingerprint density at radius 2 is 2.05 bits per heavy atom. The van der Waals surface area contributed by atoms with Crippen molar-refractivity contribution in [1.29, 1.82) is 0 Å². The van der Waals surface area contributed by atoms with Crippen molar-refractivity contribution in [3.8, 4) is 17.0 Å². The molecule has 0 aliphatic rings. The SMILES string of the molecule is CCn1c(-c2ccc(OCOC)cc2F)ccc(I)c1=O. The molecule has 0 fully saturated rings. The average molecular weight is 403 g/mol. The minimum Gasteiger partial charge on any atom is -0.467 e. The van der Waals surface area contributed by atoms with E-state index in [4.69, 9.17) is 9.47 Å². The molecule has 0 saturated heterocycles. The molecule has 0 radical (unpaired) electrons. The molecule has 0 aliphatic heterocycles. The van der Waals surface area contributed by atoms with Crippen LogP contribution in [-0.2, 0) is 11.3 Å². The normalized spacial score (nSPS) is 10.7. The Bertz CT molecular complexity index is 700. The Labute approximate surface area is 135 Å². The first-order valence-corrected chi connectivity index (χ1v) is 7.47. The summed E-state index contributed by atoms with van der Waals surface area (Å²) < 4.78 is 26.4. The fourth-order valence-corrected chi connectivity index (χ4v) is 2.49. The quantitative estimate of drug-likeness (QED) is 0.569. The second-order valence-electron chi connectivity index (χ2n) is 4.31. The molecule has 0 atom stereocenters. The van der Waals surface area contributed by atoms with Crippen LogP contribution in [0, 0.1) is 9.39 Å². The van der Waals surface area contributed by atoms with Gasteiger partial charge in [0.25, 0.3) is 5.56 Å². The second kappa shape index (κ2) is 7.04. The predicted molar refractivity (Wildman–Crippen MR) is 87.0 cm³/mol. The molecule has 0 aliphatic carbocycles. The number of hydrogen-bond donors (Lipinski definition) is 0. The number of benzene rings is 1. The largest absolute Gasteiger partial charge is 0.467 e. The summed E-state index contributed by atoms with van der Waals surface area (Å²) in [5, 5.41) is 0. The molecule has 2 aromatic rings. The first-order valence-electron chi connectivity index (χ1n) is 6.39. The van der Waals surface area contributed by atoms with Crippen molar-refractivity contribution in [2.45, 2.75) is 13.5 Å². The molecule has 112 valence electrons. The van der Waals surface area contributed by atoms with Gasteiger partial charge in [-0.05, 0) is 53.8 Å². The summed E-state index contributed by atoms with van der Waals surface area (Å²) in [4.78, 5) is 12.1. The minimum atomic E-state index is -0.439. The van der Waals surface area contributed by atoms with E-state index >= 15 is 0 Å². The van der Waals surface area contributed by atoms with E-state index in [1.165, 1.54) is 13.2 Å². The molecule has 0 N–H and O–H groups in total. The van der Waals surface area contributed by atoms with Gasteiger partial charge in [-0.1, -0.05) is 0 Å². The zero-order chi connectivity index (χ0) is 15.4. The van der Waals surface area contributed by atoms with Crippen LogP contribution in [0.5, 0.6) is 5.75 Å². The molecule has 21 heavy (non-hydrogen) atoms. The lowest BCUT2D eigenvalue weighted by Gasteiger charge is -2.13. The number of hydrogen-bond acceptors (Lipinski definition) is 3. The smallest absolute Gasteiger partial charge is 0.264 e. The first-order chi connectivity index (χ1) is 10.1. The maximum atomic E-state index is 14.3. The van der Waals surface area contributed by atoms with E-state index in [2.05, 4.69) is 0 Å². The highest BCUT2D eigenvalue weighted by molar-refractivity contribution is 14.1. The van der Waals surface area contributed by atoms with Crippen molar-refractivity contribution in [3.05, 3.63) is 50.1 Å². The lowest BCUT2D eigenvalue weighted by Crippen LogP contribution is -2.23. The Morgan fingerprint density at radius 1 is 1.29 bits per heavy atom. The topological polar surface area (TPSA) is 40.5 Å². The number of nitrogens with zero attached hydrogens (tertiary/aromatic N) is 1. The van der Waals surface area contributed by atoms with Gasteiger partial charge < -0.3 is 14.0 Å². The molecule has 2 rings (SSSR count). The van der Waals surface area contributed by atoms with Crippen molar-refractivity contribution < 1.29 is 13.9 Å². The average Bonchev–Trinajstić information content (AvgIpc) is 2.48. The number of ether oxygens (including phenoxy) is 2. The Hall–Kier alpha value is -1.41. The van der Waals surface area contributed by atoms with E-state index in [0.29, 0.717) is 27.1 Å². The summed E-state index contributed by atoms with van der Waals surface area (Å²) in [7, 11) is 1.50. The molecule has 1 aromatic carbocycles. The van der Waals surface area contributed by atoms with E-state index in [1.807, 2.05) is 29.5 Å². The van der Waals surface area contributed by atoms with Gasteiger partial charge in [-0.15, -0.1) is 0 Å². The van der Waals surface area contributed by atoms with Gasteiger partial charge in [-0.25, -0.2) is 4.39 Å². The Kier molecular flexibility index (Phi) is 5.35. The number of pyridine rings is 1. The Balaban J connectivity index is 2.48. The molecule has 0 unspecified atom stereocenters. The van der Waals surface area contributed by atoms with Crippen LogP contribution >= 0.6 is 22.6 Å². The Morgan fingerprint density at radius 3 is 2.67 bits per heavy atom. The summed E-state index contributed by atoms with van der Waals surface area (Å²) in [6.45, 7) is 2.39. The van der Waals surface area contributed by atoms with Crippen molar-refractivity contribution in [1.82, 2.24) is 4.57 Å². The second-order valence-corrected chi connectivity index (χ2v) is 5.47. The monoisotopic (exact) mass is 403 g/mol. The summed E-state index contributed by atoms with van der Waals surface area (Å²) in [6.07, 6.45) is 0. The molecule has 0 bridgehead atoms. The predicted octanol–water partition coefficient (Wildman–Crippen LogP) is 3.26. The van der Waals surface area contributed by atoms with Gasteiger partial charge in [-0.2, -0.15) is 0 Å². The molecule has 4 nitrogen and oxygen atoms in total. The van der Waals surface area contributed by atoms with E-state index in [1.54, 1.807) is 28.8 Å². The van der Waals surface area contributed by atoms with Gasteiger partial charge in [-0.3, -0.25) is 4.79 Å². The maximum absolute atomic E-state index is 14.3. The van der Waals surface area contributed by atoms with Crippen molar-refractivity contribution in [2.75, 3.05) is 13.9 Å². The van der Waals surface area contributed by atoms with Crippen molar-refractivity contribution >= 4 is 22.6 Å². The van der Waals surface area contributed by atoms with Gasteiger partial charge in [0.2, 0.25) is 0 Å². The van der Waals surface area contributed by atoms with Crippen LogP contribution in [0.4, 0.5) is 4.39 Å². The van der Waals surface area contributed by atoms with E-state index in [9.17, 15) is 9.18 Å². The zero-order valence-corrected chi connectivity index (χ0v) is 13.9. The molecule has 6 heteroatoms. The lowest BCUT2D eigenvalue weighted by molar-refractivity contribution is 0.0509. The molecular weight excluding hydrogens is 388 g/mol. The highest BCUT2D eigenvalue weighted by Gasteiger charge is 2.12. The maximum Gasteiger partial charge on any atom is 0.264 e. The van der Waals surface area contributed by atoms with Gasteiger partial charge in [0.05, 0.1) is 9.26 Å². The standard InChI is InChI=1S/C15H15FINO3/c1-3-18-14(7-6-13(17)15(18)19)11-5-4-10(8-12(11)16)21-9-20-2/h4-8H,3,9H2,1-2H3. The molecule has 1 heterocycles. The first kappa shape index (κ1) is 16.0. The van der Waals surface area contributed by atoms with Crippen molar-refractivity contribution in [2.24, 2.45) is 0 Å². The van der Waals surface area contributed by atoms with Crippen LogP contribution in [0.25, 0.3) is 11.3 Å². The van der Waals surface area contributed by atoms with Crippen LogP contribution in [-0.4, -0.2) is 18.5 Å². The van der Waals surface area contributed by atoms with Crippen LogP contribution in [0.1, 0.15) is 6.92 Å². The summed E-state index contributed by atoms with van der Waals surface area (Å²) in [6, 6.07) is 7.99. The van der Waals surface area contributed by atoms with E-state index in [-0.39, 0.29) is 12.4 Å². The van der Waals surface area contributed by atoms with Crippen LogP contribution < -0.4 is 10.3 Å². The van der Waals surface area contributed by atoms with E-state index in [0.717, 1.165) is 0 Å². The summed E-state index contributed by atoms with van der Waals surface area (Å²) in [5.41, 5.74) is 0.809. The molecule has 0 amide bonds. The van der Waals surface area contributed by atoms with Gasteiger partial charge >= 0.3 is 0 Å². The summed E-state index contributed by atoms with van der Waals surface area (Å²) >= 11 is 1.98. The van der Waals surface area contributed by atoms with Crippen molar-refractivity contribution in [3.63, 3.8) is 0 Å². The summed E-state index contributed by atoms with van der Waals surface area (Å²) in [5.74, 6) is -0.0552. The van der Waals surface area contributed by atoms with Gasteiger partial charge in [0.1, 0.15) is 11.6 Å². The van der Waals surface area contributed by atoms with Gasteiger partial charge in [0, 0.05) is 25.3 Å². The molecule has 0 saturated carbocycles. The number of methoxy groups -OCH3 is 1. The highest BCUT2D eigenvalue weighted by atomic mass is 127. The number of aromatic nitrogens is 1. The number of rotatable bonds is 5. The lowest BCUT2D eigenvalue weighted by atomic mass is 10.1. The molecule has 1 aromatic heterocycles. The van der Waals surface area contributed by atoms with Crippen LogP contribution in [0.3, 0.4) is 0 Å². The van der Waals surface area contributed by atoms with E-state index < -0.39 is 5.82 Å². The van der Waals surface area contributed by atoms with Crippen LogP contribution in [0.15, 0.2) is 35.1 Å². The third-order valence-electron chi connectivity index (χ3n) is 3.00. The number of halogens is 2.